The molecule has 0 N–H and O–H groups in total. The highest BCUT2D eigenvalue weighted by molar-refractivity contribution is 5.76. The standard InChI is InChI=1S/C23H43NO/c1-2-3-4-5-7-10-15-21-20-22(21)16-11-8-6-9-12-17-23(25)24-18-13-14-19-24/h21-22H,2-20H2,1H3. The lowest BCUT2D eigenvalue weighted by Crippen LogP contribution is -2.27. The number of amides is 1. The molecular formula is C23H43NO. The highest BCUT2D eigenvalue weighted by atomic mass is 16.2. The minimum Gasteiger partial charge on any atom is -0.343 e. The van der Waals surface area contributed by atoms with Crippen molar-refractivity contribution in [2.24, 2.45) is 11.8 Å². The van der Waals surface area contributed by atoms with E-state index in [2.05, 4.69) is 11.8 Å². The number of hydrogen-bond donors (Lipinski definition) is 0. The van der Waals surface area contributed by atoms with E-state index in [9.17, 15) is 4.79 Å². The SMILES string of the molecule is CCCCCCCCC1CC1CCCCCCCC(=O)N1CCCC1. The third-order valence-electron chi connectivity index (χ3n) is 6.42. The molecule has 2 nitrogen and oxygen atoms in total. The van der Waals surface area contributed by atoms with Gasteiger partial charge >= 0.3 is 0 Å². The predicted octanol–water partition coefficient (Wildman–Crippen LogP) is 6.73. The molecule has 1 saturated heterocycles. The molecule has 146 valence electrons. The smallest absolute Gasteiger partial charge is 0.222 e. The highest BCUT2D eigenvalue weighted by Crippen LogP contribution is 2.45. The first-order chi connectivity index (χ1) is 12.3. The summed E-state index contributed by atoms with van der Waals surface area (Å²) in [4.78, 5) is 14.0. The Labute approximate surface area is 157 Å². The fourth-order valence-corrected chi connectivity index (χ4v) is 4.54. The monoisotopic (exact) mass is 349 g/mol. The Morgan fingerprint density at radius 2 is 1.28 bits per heavy atom. The largest absolute Gasteiger partial charge is 0.343 e. The van der Waals surface area contributed by atoms with Gasteiger partial charge in [0.15, 0.2) is 0 Å². The van der Waals surface area contributed by atoms with Crippen LogP contribution in [0, 0.1) is 11.8 Å². The summed E-state index contributed by atoms with van der Waals surface area (Å²) in [6, 6.07) is 0. The van der Waals surface area contributed by atoms with Crippen LogP contribution in [0.1, 0.15) is 116 Å². The summed E-state index contributed by atoms with van der Waals surface area (Å²) in [5, 5.41) is 0. The zero-order valence-corrected chi connectivity index (χ0v) is 16.9. The van der Waals surface area contributed by atoms with Crippen LogP contribution in [-0.2, 0) is 4.79 Å². The Morgan fingerprint density at radius 3 is 1.88 bits per heavy atom. The van der Waals surface area contributed by atoms with Crippen LogP contribution < -0.4 is 0 Å². The fraction of sp³-hybridized carbons (Fsp3) is 0.957. The Kier molecular flexibility index (Phi) is 10.6. The van der Waals surface area contributed by atoms with Crippen LogP contribution in [0.2, 0.25) is 0 Å². The number of nitrogens with zero attached hydrogens (tertiary/aromatic N) is 1. The summed E-state index contributed by atoms with van der Waals surface area (Å²) in [5.74, 6) is 2.57. The van der Waals surface area contributed by atoms with E-state index in [1.165, 1.54) is 96.3 Å². The van der Waals surface area contributed by atoms with Gasteiger partial charge in [0.05, 0.1) is 0 Å². The van der Waals surface area contributed by atoms with Gasteiger partial charge in [-0.2, -0.15) is 0 Å². The van der Waals surface area contributed by atoms with E-state index in [1.807, 2.05) is 0 Å². The Morgan fingerprint density at radius 1 is 0.760 bits per heavy atom. The van der Waals surface area contributed by atoms with Crippen molar-refractivity contribution in [2.75, 3.05) is 13.1 Å². The summed E-state index contributed by atoms with van der Waals surface area (Å²) in [6.07, 6.45) is 22.9. The predicted molar refractivity (Wildman–Crippen MR) is 108 cm³/mol. The van der Waals surface area contributed by atoms with E-state index in [-0.39, 0.29) is 0 Å². The first kappa shape index (κ1) is 20.8. The molecule has 2 unspecified atom stereocenters. The van der Waals surface area contributed by atoms with Crippen molar-refractivity contribution in [1.82, 2.24) is 4.90 Å². The lowest BCUT2D eigenvalue weighted by molar-refractivity contribution is -0.130. The maximum Gasteiger partial charge on any atom is 0.222 e. The number of likely N-dealkylation sites (tertiary alicyclic amines) is 1. The fourth-order valence-electron chi connectivity index (χ4n) is 4.54. The van der Waals surface area contributed by atoms with Crippen LogP contribution in [0.3, 0.4) is 0 Å². The van der Waals surface area contributed by atoms with Gasteiger partial charge in [-0.15, -0.1) is 0 Å². The van der Waals surface area contributed by atoms with Crippen LogP contribution in [0.4, 0.5) is 0 Å². The molecule has 1 amide bonds. The lowest BCUT2D eigenvalue weighted by Gasteiger charge is -2.14. The van der Waals surface area contributed by atoms with Gasteiger partial charge < -0.3 is 4.90 Å². The van der Waals surface area contributed by atoms with E-state index in [0.29, 0.717) is 5.91 Å². The summed E-state index contributed by atoms with van der Waals surface area (Å²) in [7, 11) is 0. The molecule has 2 heteroatoms. The van der Waals surface area contributed by atoms with Crippen molar-refractivity contribution < 1.29 is 4.79 Å². The van der Waals surface area contributed by atoms with Gasteiger partial charge in [-0.3, -0.25) is 4.79 Å². The highest BCUT2D eigenvalue weighted by Gasteiger charge is 2.34. The maximum atomic E-state index is 12.0. The van der Waals surface area contributed by atoms with Crippen molar-refractivity contribution in [1.29, 1.82) is 0 Å². The molecule has 1 heterocycles. The molecule has 2 aliphatic rings. The van der Waals surface area contributed by atoms with Crippen LogP contribution in [-0.4, -0.2) is 23.9 Å². The molecule has 2 rings (SSSR count). The van der Waals surface area contributed by atoms with E-state index in [4.69, 9.17) is 0 Å². The van der Waals surface area contributed by atoms with E-state index < -0.39 is 0 Å². The first-order valence-corrected chi connectivity index (χ1v) is 11.6. The number of hydrogen-bond acceptors (Lipinski definition) is 1. The molecule has 0 aromatic heterocycles. The zero-order chi connectivity index (χ0) is 17.7. The third kappa shape index (κ3) is 9.11. The van der Waals surface area contributed by atoms with Gasteiger partial charge in [-0.1, -0.05) is 84.0 Å². The average Bonchev–Trinajstić information content (AvgIpc) is 3.12. The van der Waals surface area contributed by atoms with E-state index >= 15 is 0 Å². The molecule has 0 aromatic carbocycles. The number of unbranched alkanes of at least 4 members (excludes halogenated alkanes) is 9. The second kappa shape index (κ2) is 12.8. The van der Waals surface area contributed by atoms with Crippen molar-refractivity contribution in [2.45, 2.75) is 116 Å². The van der Waals surface area contributed by atoms with E-state index in [1.54, 1.807) is 0 Å². The van der Waals surface area contributed by atoms with E-state index in [0.717, 1.165) is 37.8 Å². The topological polar surface area (TPSA) is 20.3 Å². The van der Waals surface area contributed by atoms with Gasteiger partial charge in [-0.05, 0) is 37.5 Å². The molecule has 1 aliphatic carbocycles. The van der Waals surface area contributed by atoms with Gasteiger partial charge in [0, 0.05) is 19.5 Å². The molecule has 0 bridgehead atoms. The van der Waals surface area contributed by atoms with Crippen molar-refractivity contribution in [3.63, 3.8) is 0 Å². The molecule has 0 spiro atoms. The Bertz CT molecular complexity index is 348. The van der Waals surface area contributed by atoms with Gasteiger partial charge in [0.2, 0.25) is 5.91 Å². The number of carbonyl (C=O) groups is 1. The third-order valence-corrected chi connectivity index (χ3v) is 6.42. The van der Waals surface area contributed by atoms with Gasteiger partial charge in [0.1, 0.15) is 0 Å². The second-order valence-corrected chi connectivity index (χ2v) is 8.71. The molecule has 1 aliphatic heterocycles. The summed E-state index contributed by atoms with van der Waals surface area (Å²) < 4.78 is 0. The Hall–Kier alpha value is -0.530. The Balaban J connectivity index is 1.31. The first-order valence-electron chi connectivity index (χ1n) is 11.6. The summed E-state index contributed by atoms with van der Waals surface area (Å²) >= 11 is 0. The minimum absolute atomic E-state index is 0.410. The second-order valence-electron chi connectivity index (χ2n) is 8.71. The van der Waals surface area contributed by atoms with Crippen molar-refractivity contribution in [3.8, 4) is 0 Å². The molecule has 0 radical (unpaired) electrons. The zero-order valence-electron chi connectivity index (χ0n) is 16.9. The molecular weight excluding hydrogens is 306 g/mol. The van der Waals surface area contributed by atoms with Gasteiger partial charge in [0.25, 0.3) is 0 Å². The van der Waals surface area contributed by atoms with Crippen LogP contribution in [0.25, 0.3) is 0 Å². The lowest BCUT2D eigenvalue weighted by atomic mass is 10.0. The molecule has 1 saturated carbocycles. The maximum absolute atomic E-state index is 12.0. The number of carbonyl (C=O) groups excluding carboxylic acids is 1. The quantitative estimate of drug-likeness (QED) is 0.300. The summed E-state index contributed by atoms with van der Waals surface area (Å²) in [5.41, 5.74) is 0. The minimum atomic E-state index is 0.410. The van der Waals surface area contributed by atoms with Crippen LogP contribution >= 0.6 is 0 Å². The molecule has 0 aromatic rings. The van der Waals surface area contributed by atoms with Crippen molar-refractivity contribution in [3.05, 3.63) is 0 Å². The van der Waals surface area contributed by atoms with Crippen molar-refractivity contribution >= 4 is 5.91 Å². The van der Waals surface area contributed by atoms with Crippen LogP contribution in [0.15, 0.2) is 0 Å². The summed E-state index contributed by atoms with van der Waals surface area (Å²) in [6.45, 7) is 4.32. The number of rotatable bonds is 15. The van der Waals surface area contributed by atoms with Gasteiger partial charge in [-0.25, -0.2) is 0 Å². The molecule has 2 fully saturated rings. The normalized spacial score (nSPS) is 22.5. The molecule has 2 atom stereocenters. The van der Waals surface area contributed by atoms with Crippen LogP contribution in [0.5, 0.6) is 0 Å². The molecule has 25 heavy (non-hydrogen) atoms. The average molecular weight is 350 g/mol.